The van der Waals surface area contributed by atoms with E-state index in [1.807, 2.05) is 0 Å². The Morgan fingerprint density at radius 2 is 0.417 bits per heavy atom. The molecule has 0 aromatic heterocycles. The van der Waals surface area contributed by atoms with Crippen LogP contribution in [0, 0.1) is 0 Å². The molecule has 24 heavy (non-hydrogen) atoms. The molecule has 2 aliphatic carbocycles. The van der Waals surface area contributed by atoms with E-state index < -0.39 is 45.9 Å². The molecular formula is C14H18F10. The van der Waals surface area contributed by atoms with Crippen LogP contribution >= 0.6 is 0 Å². The molecule has 144 valence electrons. The molecule has 0 nitrogen and oxygen atoms in total. The minimum Gasteiger partial charge on any atom is -0.237 e. The highest BCUT2D eigenvalue weighted by atomic mass is 19.3. The minimum atomic E-state index is -4.26. The molecule has 0 aliphatic heterocycles. The summed E-state index contributed by atoms with van der Waals surface area (Å²) in [5, 5.41) is 0. The monoisotopic (exact) mass is 376 g/mol. The summed E-state index contributed by atoms with van der Waals surface area (Å²) in [5.41, 5.74) is -20.0. The quantitative estimate of drug-likeness (QED) is 0.480. The molecule has 0 aromatic carbocycles. The number of alkyl halides is 10. The van der Waals surface area contributed by atoms with Gasteiger partial charge in [0, 0.05) is 0 Å². The van der Waals surface area contributed by atoms with Gasteiger partial charge in [0.15, 0.2) is 11.3 Å². The van der Waals surface area contributed by atoms with Crippen LogP contribution in [0.15, 0.2) is 0 Å². The predicted molar refractivity (Wildman–Crippen MR) is 67.0 cm³/mol. The average Bonchev–Trinajstić information content (AvgIpc) is 2.36. The predicted octanol–water partition coefficient (Wildman–Crippen LogP) is 5.64. The molecule has 0 aromatic rings. The number of rotatable bonds is 0. The van der Waals surface area contributed by atoms with Gasteiger partial charge in [-0.2, -0.15) is 17.6 Å². The molecule has 0 heterocycles. The lowest BCUT2D eigenvalue weighted by atomic mass is 9.57. The summed E-state index contributed by atoms with van der Waals surface area (Å²) in [4.78, 5) is 0. The van der Waals surface area contributed by atoms with Crippen molar-refractivity contribution in [1.82, 2.24) is 0 Å². The van der Waals surface area contributed by atoms with Crippen LogP contribution in [0.25, 0.3) is 0 Å². The molecule has 0 N–H and O–H groups in total. The van der Waals surface area contributed by atoms with Gasteiger partial charge in [0.05, 0.1) is 0 Å². The van der Waals surface area contributed by atoms with E-state index in [9.17, 15) is 43.9 Å². The van der Waals surface area contributed by atoms with Gasteiger partial charge in [-0.05, 0) is 41.5 Å². The minimum absolute atomic E-state index is 0.369. The van der Waals surface area contributed by atoms with Gasteiger partial charge in [0.1, 0.15) is 0 Å². The first kappa shape index (κ1) is 21.3. The van der Waals surface area contributed by atoms with Crippen molar-refractivity contribution in [2.45, 2.75) is 87.4 Å². The van der Waals surface area contributed by atoms with Gasteiger partial charge in [-0.25, -0.2) is 26.3 Å². The molecule has 0 amide bonds. The SMILES string of the molecule is CC1(F)C(C)(F)C(F)(F)C1(C)F.CC1(F)C(C)(F)C(F)(F)C1(C)F. The first-order valence-electron chi connectivity index (χ1n) is 6.89. The number of hydrogen-bond donors (Lipinski definition) is 0. The number of hydrogen-bond acceptors (Lipinski definition) is 0. The van der Waals surface area contributed by atoms with E-state index in [-0.39, 0.29) is 0 Å². The van der Waals surface area contributed by atoms with Gasteiger partial charge < -0.3 is 0 Å². The maximum Gasteiger partial charge on any atom is 0.320 e. The lowest BCUT2D eigenvalue weighted by Crippen LogP contribution is -2.84. The Hall–Kier alpha value is -0.700. The molecule has 2 saturated carbocycles. The first-order chi connectivity index (χ1) is 10.0. The fraction of sp³-hybridized carbons (Fsp3) is 1.00. The third-order valence-electron chi connectivity index (χ3n) is 5.89. The van der Waals surface area contributed by atoms with Crippen molar-refractivity contribution in [3.05, 3.63) is 0 Å². The van der Waals surface area contributed by atoms with Gasteiger partial charge in [-0.3, -0.25) is 0 Å². The average molecular weight is 376 g/mol. The van der Waals surface area contributed by atoms with Crippen molar-refractivity contribution < 1.29 is 43.9 Å². The van der Waals surface area contributed by atoms with E-state index >= 15 is 0 Å². The van der Waals surface area contributed by atoms with E-state index in [4.69, 9.17) is 0 Å². The Balaban J connectivity index is 0.000000240. The normalized spacial score (nSPS) is 58.0. The Kier molecular flexibility index (Phi) is 4.02. The summed E-state index contributed by atoms with van der Waals surface area (Å²) < 4.78 is 128. The summed E-state index contributed by atoms with van der Waals surface area (Å²) in [6.07, 6.45) is 0. The van der Waals surface area contributed by atoms with Gasteiger partial charge >= 0.3 is 11.8 Å². The van der Waals surface area contributed by atoms with Crippen LogP contribution < -0.4 is 0 Å². The molecule has 0 saturated heterocycles. The van der Waals surface area contributed by atoms with Crippen molar-refractivity contribution >= 4 is 0 Å². The van der Waals surface area contributed by atoms with E-state index in [1.54, 1.807) is 0 Å². The summed E-state index contributed by atoms with van der Waals surface area (Å²) in [6.45, 7) is 2.49. The maximum atomic E-state index is 13.0. The van der Waals surface area contributed by atoms with Crippen molar-refractivity contribution in [2.24, 2.45) is 0 Å². The van der Waals surface area contributed by atoms with Crippen LogP contribution in [0.4, 0.5) is 43.9 Å². The smallest absolute Gasteiger partial charge is 0.237 e. The summed E-state index contributed by atoms with van der Waals surface area (Å²) in [5.74, 6) is -8.52. The zero-order valence-electron chi connectivity index (χ0n) is 13.8. The molecule has 2 rings (SSSR count). The maximum absolute atomic E-state index is 13.0. The fourth-order valence-electron chi connectivity index (χ4n) is 2.82. The topological polar surface area (TPSA) is 0 Å². The highest BCUT2D eigenvalue weighted by Gasteiger charge is 2.91. The lowest BCUT2D eigenvalue weighted by molar-refractivity contribution is -0.377. The summed E-state index contributed by atoms with van der Waals surface area (Å²) >= 11 is 0. The zero-order chi connectivity index (χ0) is 20.0. The van der Waals surface area contributed by atoms with Crippen molar-refractivity contribution in [2.75, 3.05) is 0 Å². The van der Waals surface area contributed by atoms with Crippen LogP contribution in [0.3, 0.4) is 0 Å². The van der Waals surface area contributed by atoms with Gasteiger partial charge in [-0.1, -0.05) is 0 Å². The van der Waals surface area contributed by atoms with Crippen LogP contribution in [0.2, 0.25) is 0 Å². The van der Waals surface area contributed by atoms with Crippen LogP contribution in [-0.2, 0) is 0 Å². The van der Waals surface area contributed by atoms with Gasteiger partial charge in [0.2, 0.25) is 22.7 Å². The molecule has 10 heteroatoms. The molecule has 0 radical (unpaired) electrons. The molecule has 0 bridgehead atoms. The van der Waals surface area contributed by atoms with E-state index in [0.717, 1.165) is 0 Å². The highest BCUT2D eigenvalue weighted by Crippen LogP contribution is 2.67. The third-order valence-corrected chi connectivity index (χ3v) is 5.89. The highest BCUT2D eigenvalue weighted by molar-refractivity contribution is 5.31. The van der Waals surface area contributed by atoms with Crippen LogP contribution in [-0.4, -0.2) is 45.9 Å². The second-order valence-electron chi connectivity index (χ2n) is 7.17. The lowest BCUT2D eigenvalue weighted by Gasteiger charge is -2.59. The molecule has 0 spiro atoms. The molecule has 4 unspecified atom stereocenters. The van der Waals surface area contributed by atoms with E-state index in [1.165, 1.54) is 0 Å². The number of halogens is 10. The van der Waals surface area contributed by atoms with Crippen molar-refractivity contribution in [3.8, 4) is 0 Å². The van der Waals surface area contributed by atoms with E-state index in [2.05, 4.69) is 0 Å². The fourth-order valence-corrected chi connectivity index (χ4v) is 2.82. The molecular weight excluding hydrogens is 358 g/mol. The van der Waals surface area contributed by atoms with E-state index in [0.29, 0.717) is 41.5 Å². The van der Waals surface area contributed by atoms with Crippen LogP contribution in [0.5, 0.6) is 0 Å². The summed E-state index contributed by atoms with van der Waals surface area (Å²) in [6, 6.07) is 0. The Labute approximate surface area is 132 Å². The Morgan fingerprint density at radius 1 is 0.292 bits per heavy atom. The Bertz CT molecular complexity index is 352. The molecule has 4 atom stereocenters. The first-order valence-corrected chi connectivity index (χ1v) is 6.89. The standard InChI is InChI=1S/2C7H9F5/c2*1-4(8)5(2,9)7(11,12)6(4,3)10/h2*1-3H3. The molecule has 2 aliphatic rings. The largest absolute Gasteiger partial charge is 0.320 e. The van der Waals surface area contributed by atoms with Crippen molar-refractivity contribution in [1.29, 1.82) is 0 Å². The molecule has 2 fully saturated rings. The van der Waals surface area contributed by atoms with Crippen LogP contribution in [0.1, 0.15) is 41.5 Å². The van der Waals surface area contributed by atoms with Gasteiger partial charge in [0.25, 0.3) is 0 Å². The third kappa shape index (κ3) is 1.73. The Morgan fingerprint density at radius 3 is 0.458 bits per heavy atom. The summed E-state index contributed by atoms with van der Waals surface area (Å²) in [7, 11) is 0. The zero-order valence-corrected chi connectivity index (χ0v) is 13.8. The second-order valence-corrected chi connectivity index (χ2v) is 7.17. The van der Waals surface area contributed by atoms with Crippen molar-refractivity contribution in [3.63, 3.8) is 0 Å². The second kappa shape index (κ2) is 4.52. The van der Waals surface area contributed by atoms with Gasteiger partial charge in [-0.15, -0.1) is 0 Å².